The van der Waals surface area contributed by atoms with Gasteiger partial charge in [0, 0.05) is 7.05 Å². The Morgan fingerprint density at radius 1 is 1.47 bits per heavy atom. The first-order chi connectivity index (χ1) is 7.06. The summed E-state index contributed by atoms with van der Waals surface area (Å²) >= 11 is 0. The Kier molecular flexibility index (Phi) is 2.55. The van der Waals surface area contributed by atoms with Gasteiger partial charge in [-0.25, -0.2) is 4.79 Å². The summed E-state index contributed by atoms with van der Waals surface area (Å²) in [5.74, 6) is 0. The number of amides is 2. The number of ether oxygens (including phenoxy) is 1. The Balaban J connectivity index is 2.19. The van der Waals surface area contributed by atoms with Crippen LogP contribution in [0.15, 0.2) is 0 Å². The number of hydrogen-bond acceptors (Lipinski definition) is 5. The van der Waals surface area contributed by atoms with Gasteiger partial charge in [0.2, 0.25) is 0 Å². The molecule has 2 aliphatic heterocycles. The maximum Gasteiger partial charge on any atom is 0.319 e. The van der Waals surface area contributed by atoms with Crippen molar-refractivity contribution in [2.75, 3.05) is 13.7 Å². The maximum absolute atomic E-state index is 11.3. The number of urea groups is 1. The van der Waals surface area contributed by atoms with Crippen LogP contribution in [0.5, 0.6) is 0 Å². The lowest BCUT2D eigenvalue weighted by molar-refractivity contribution is -0.207. The second-order valence-corrected chi connectivity index (χ2v) is 3.82. The lowest BCUT2D eigenvalue weighted by Crippen LogP contribution is -2.61. The highest BCUT2D eigenvalue weighted by Crippen LogP contribution is 2.26. The van der Waals surface area contributed by atoms with Crippen LogP contribution in [0.4, 0.5) is 4.79 Å². The predicted octanol–water partition coefficient (Wildman–Crippen LogP) is -2.55. The van der Waals surface area contributed by atoms with Crippen LogP contribution in [0.2, 0.25) is 0 Å². The number of nitrogens with one attached hydrogen (secondary N) is 1. The molecule has 0 saturated carbocycles. The molecule has 7 heteroatoms. The number of nitrogens with zero attached hydrogens (tertiary/aromatic N) is 1. The van der Waals surface area contributed by atoms with E-state index in [0.717, 1.165) is 0 Å². The van der Waals surface area contributed by atoms with Crippen molar-refractivity contribution >= 4 is 6.03 Å². The first-order valence-electron chi connectivity index (χ1n) is 4.72. The molecule has 7 nitrogen and oxygen atoms in total. The Hall–Kier alpha value is -0.890. The molecule has 0 radical (unpaired) electrons. The smallest absolute Gasteiger partial charge is 0.319 e. The summed E-state index contributed by atoms with van der Waals surface area (Å²) in [6.45, 7) is -0.399. The number of aliphatic hydroxyl groups is 3. The van der Waals surface area contributed by atoms with E-state index in [9.17, 15) is 15.0 Å². The Labute approximate surface area is 86.2 Å². The van der Waals surface area contributed by atoms with Crippen LogP contribution in [0.1, 0.15) is 0 Å². The first kappa shape index (κ1) is 10.6. The third kappa shape index (κ3) is 1.48. The van der Waals surface area contributed by atoms with Crippen molar-refractivity contribution in [3.63, 3.8) is 0 Å². The van der Waals surface area contributed by atoms with Crippen molar-refractivity contribution in [1.82, 2.24) is 10.2 Å². The van der Waals surface area contributed by atoms with Crippen LogP contribution in [-0.2, 0) is 4.74 Å². The summed E-state index contributed by atoms with van der Waals surface area (Å²) in [7, 11) is 1.53. The number of likely N-dealkylation sites (N-methyl/N-ethyl adjacent to an activating group) is 1. The molecule has 5 atom stereocenters. The summed E-state index contributed by atoms with van der Waals surface area (Å²) in [4.78, 5) is 12.6. The van der Waals surface area contributed by atoms with Crippen molar-refractivity contribution < 1.29 is 24.9 Å². The van der Waals surface area contributed by atoms with Gasteiger partial charge in [-0.2, -0.15) is 0 Å². The molecule has 2 amide bonds. The molecule has 0 spiro atoms. The molecule has 0 aliphatic carbocycles. The van der Waals surface area contributed by atoms with E-state index in [1.807, 2.05) is 0 Å². The van der Waals surface area contributed by atoms with E-state index in [-0.39, 0.29) is 6.03 Å². The normalized spacial score (nSPS) is 45.2. The van der Waals surface area contributed by atoms with Gasteiger partial charge in [-0.3, -0.25) is 4.90 Å². The summed E-state index contributed by atoms with van der Waals surface area (Å²) in [6, 6.07) is -1.02. The zero-order valence-corrected chi connectivity index (χ0v) is 8.20. The largest absolute Gasteiger partial charge is 0.394 e. The van der Waals surface area contributed by atoms with Crippen LogP contribution in [-0.4, -0.2) is 70.5 Å². The average Bonchev–Trinajstić information content (AvgIpc) is 2.50. The van der Waals surface area contributed by atoms with E-state index in [1.54, 1.807) is 0 Å². The highest BCUT2D eigenvalue weighted by atomic mass is 16.5. The molecule has 2 rings (SSSR count). The van der Waals surface area contributed by atoms with Gasteiger partial charge >= 0.3 is 6.03 Å². The highest BCUT2D eigenvalue weighted by Gasteiger charge is 2.51. The van der Waals surface area contributed by atoms with Gasteiger partial charge < -0.3 is 25.4 Å². The minimum atomic E-state index is -1.19. The molecule has 4 N–H and O–H groups in total. The van der Waals surface area contributed by atoms with Gasteiger partial charge in [0.05, 0.1) is 6.61 Å². The first-order valence-corrected chi connectivity index (χ1v) is 4.72. The molecule has 0 aromatic carbocycles. The van der Waals surface area contributed by atoms with Crippen LogP contribution >= 0.6 is 0 Å². The topological polar surface area (TPSA) is 102 Å². The van der Waals surface area contributed by atoms with Crippen LogP contribution in [0.3, 0.4) is 0 Å². The fourth-order valence-corrected chi connectivity index (χ4v) is 1.95. The molecular formula is C8H14N2O5. The second-order valence-electron chi connectivity index (χ2n) is 3.82. The molecule has 2 heterocycles. The molecule has 0 bridgehead atoms. The molecule has 86 valence electrons. The van der Waals surface area contributed by atoms with Crippen LogP contribution in [0.25, 0.3) is 0 Å². The highest BCUT2D eigenvalue weighted by molar-refractivity contribution is 5.77. The van der Waals surface area contributed by atoms with Crippen molar-refractivity contribution in [2.45, 2.75) is 30.6 Å². The molecule has 2 fully saturated rings. The van der Waals surface area contributed by atoms with Crippen molar-refractivity contribution in [3.8, 4) is 0 Å². The molecule has 0 unspecified atom stereocenters. The number of fused-ring (bicyclic) bond motifs is 1. The summed E-state index contributed by atoms with van der Waals surface area (Å²) in [6.07, 6.45) is -3.83. The molecular weight excluding hydrogens is 204 g/mol. The van der Waals surface area contributed by atoms with Crippen molar-refractivity contribution in [3.05, 3.63) is 0 Å². The Bertz CT molecular complexity index is 274. The lowest BCUT2D eigenvalue weighted by atomic mass is 9.97. The SMILES string of the molecule is CN1C(=O)N[C@@H]2[C@H](O)[C@H](O)[C@@H](CO)O[C@@H]21. The predicted molar refractivity (Wildman–Crippen MR) is 47.8 cm³/mol. The van der Waals surface area contributed by atoms with E-state index < -0.39 is 37.2 Å². The fraction of sp³-hybridized carbons (Fsp3) is 0.875. The van der Waals surface area contributed by atoms with Gasteiger partial charge in [0.15, 0.2) is 6.23 Å². The molecule has 2 aliphatic rings. The summed E-state index contributed by atoms with van der Waals surface area (Å²) in [5, 5.41) is 30.7. The number of carbonyl (C=O) groups excluding carboxylic acids is 1. The minimum absolute atomic E-state index is 0.366. The summed E-state index contributed by atoms with van der Waals surface area (Å²) in [5.41, 5.74) is 0. The van der Waals surface area contributed by atoms with E-state index in [0.29, 0.717) is 0 Å². The number of aliphatic hydroxyl groups excluding tert-OH is 3. The number of rotatable bonds is 1. The Morgan fingerprint density at radius 3 is 2.73 bits per heavy atom. The van der Waals surface area contributed by atoms with Gasteiger partial charge in [0.1, 0.15) is 24.4 Å². The molecule has 0 aromatic rings. The number of hydrogen-bond donors (Lipinski definition) is 4. The maximum atomic E-state index is 11.3. The molecule has 2 saturated heterocycles. The van der Waals surface area contributed by atoms with Gasteiger partial charge in [-0.05, 0) is 0 Å². The third-order valence-corrected chi connectivity index (χ3v) is 2.89. The second kappa shape index (κ2) is 3.60. The zero-order chi connectivity index (χ0) is 11.2. The van der Waals surface area contributed by atoms with Crippen molar-refractivity contribution in [1.29, 1.82) is 0 Å². The van der Waals surface area contributed by atoms with E-state index in [4.69, 9.17) is 9.84 Å². The quantitative estimate of drug-likeness (QED) is 0.388. The van der Waals surface area contributed by atoms with E-state index >= 15 is 0 Å². The number of carbonyl (C=O) groups is 1. The van der Waals surface area contributed by atoms with E-state index in [2.05, 4.69) is 5.32 Å². The fourth-order valence-electron chi connectivity index (χ4n) is 1.95. The van der Waals surface area contributed by atoms with Gasteiger partial charge in [-0.15, -0.1) is 0 Å². The van der Waals surface area contributed by atoms with Crippen LogP contribution < -0.4 is 5.32 Å². The van der Waals surface area contributed by atoms with Gasteiger partial charge in [-0.1, -0.05) is 0 Å². The zero-order valence-electron chi connectivity index (χ0n) is 8.20. The molecule has 15 heavy (non-hydrogen) atoms. The standard InChI is InChI=1S/C8H14N2O5/c1-10-7-4(9-8(10)14)6(13)5(12)3(2-11)15-7/h3-7,11-13H,2H2,1H3,(H,9,14)/t3-,4-,5-,6+,7+/m1/s1. The molecule has 0 aromatic heterocycles. The average molecular weight is 218 g/mol. The van der Waals surface area contributed by atoms with Gasteiger partial charge in [0.25, 0.3) is 0 Å². The lowest BCUT2D eigenvalue weighted by Gasteiger charge is -2.39. The monoisotopic (exact) mass is 218 g/mol. The minimum Gasteiger partial charge on any atom is -0.394 e. The summed E-state index contributed by atoms with van der Waals surface area (Å²) < 4.78 is 5.31. The van der Waals surface area contributed by atoms with Crippen LogP contribution in [0, 0.1) is 0 Å². The van der Waals surface area contributed by atoms with E-state index in [1.165, 1.54) is 11.9 Å². The Morgan fingerprint density at radius 2 is 2.13 bits per heavy atom. The van der Waals surface area contributed by atoms with Crippen molar-refractivity contribution in [2.24, 2.45) is 0 Å². The third-order valence-electron chi connectivity index (χ3n) is 2.89.